The molecule has 0 aliphatic carbocycles. The van der Waals surface area contributed by atoms with Crippen LogP contribution in [-0.4, -0.2) is 22.0 Å². The first kappa shape index (κ1) is 19.1. The van der Waals surface area contributed by atoms with Gasteiger partial charge in [-0.2, -0.15) is 0 Å². The van der Waals surface area contributed by atoms with E-state index in [4.69, 9.17) is 5.73 Å². The Morgan fingerprint density at radius 2 is 1.78 bits per heavy atom. The third kappa shape index (κ3) is 4.96. The number of hydrogen-bond acceptors (Lipinski definition) is 5. The summed E-state index contributed by atoms with van der Waals surface area (Å²) in [5, 5.41) is 4.53. The Labute approximate surface area is 166 Å². The van der Waals surface area contributed by atoms with E-state index in [1.165, 1.54) is 28.7 Å². The average molecular weight is 398 g/mol. The number of benzene rings is 2. The Balaban J connectivity index is 1.61. The van der Waals surface area contributed by atoms with Gasteiger partial charge < -0.3 is 11.1 Å². The first-order valence-electron chi connectivity index (χ1n) is 8.32. The van der Waals surface area contributed by atoms with E-state index in [0.717, 1.165) is 15.6 Å². The molecule has 3 rings (SSSR count). The molecule has 0 fully saturated rings. The molecule has 3 aromatic rings. The van der Waals surface area contributed by atoms with Gasteiger partial charge in [0.05, 0.1) is 10.9 Å². The Bertz CT molecular complexity index is 950. The van der Waals surface area contributed by atoms with Gasteiger partial charge >= 0.3 is 0 Å². The minimum Gasteiger partial charge on any atom is -0.366 e. The SMILES string of the molecule is Cc1ccc(-c2csc(S[C@H](C)C(=O)Nc3ccc(C(N)=O)cc3)n2)cc1. The fraction of sp³-hybridized carbons (Fsp3) is 0.150. The second kappa shape index (κ2) is 8.37. The number of aromatic nitrogens is 1. The van der Waals surface area contributed by atoms with Crippen molar-refractivity contribution in [3.05, 3.63) is 65.0 Å². The number of hydrogen-bond donors (Lipinski definition) is 2. The van der Waals surface area contributed by atoms with E-state index < -0.39 is 5.91 Å². The van der Waals surface area contributed by atoms with Gasteiger partial charge in [0, 0.05) is 22.2 Å². The monoisotopic (exact) mass is 397 g/mol. The van der Waals surface area contributed by atoms with Gasteiger partial charge in [0.2, 0.25) is 11.8 Å². The summed E-state index contributed by atoms with van der Waals surface area (Å²) in [4.78, 5) is 28.1. The number of aryl methyl sites for hydroxylation is 1. The summed E-state index contributed by atoms with van der Waals surface area (Å²) in [6, 6.07) is 14.7. The lowest BCUT2D eigenvalue weighted by molar-refractivity contribution is -0.115. The molecule has 2 amide bonds. The predicted molar refractivity (Wildman–Crippen MR) is 111 cm³/mol. The van der Waals surface area contributed by atoms with Crippen molar-refractivity contribution >= 4 is 40.6 Å². The molecule has 138 valence electrons. The molecule has 0 bridgehead atoms. The summed E-state index contributed by atoms with van der Waals surface area (Å²) in [5.74, 6) is -0.621. The lowest BCUT2D eigenvalue weighted by atomic mass is 10.1. The van der Waals surface area contributed by atoms with Crippen LogP contribution in [-0.2, 0) is 4.79 Å². The van der Waals surface area contributed by atoms with Crippen molar-refractivity contribution < 1.29 is 9.59 Å². The van der Waals surface area contributed by atoms with Crippen LogP contribution in [0.25, 0.3) is 11.3 Å². The number of nitrogens with zero attached hydrogens (tertiary/aromatic N) is 1. The number of carbonyl (C=O) groups excluding carboxylic acids is 2. The summed E-state index contributed by atoms with van der Waals surface area (Å²) in [6.45, 7) is 3.89. The van der Waals surface area contributed by atoms with E-state index in [2.05, 4.69) is 22.4 Å². The quantitative estimate of drug-likeness (QED) is 0.606. The van der Waals surface area contributed by atoms with Crippen LogP contribution in [0.5, 0.6) is 0 Å². The van der Waals surface area contributed by atoms with E-state index in [9.17, 15) is 9.59 Å². The zero-order chi connectivity index (χ0) is 19.4. The van der Waals surface area contributed by atoms with Crippen LogP contribution in [0.1, 0.15) is 22.8 Å². The van der Waals surface area contributed by atoms with E-state index in [-0.39, 0.29) is 11.2 Å². The Morgan fingerprint density at radius 1 is 1.11 bits per heavy atom. The van der Waals surface area contributed by atoms with Gasteiger partial charge in [0.1, 0.15) is 0 Å². The first-order chi connectivity index (χ1) is 12.9. The van der Waals surface area contributed by atoms with Crippen LogP contribution in [0.2, 0.25) is 0 Å². The highest BCUT2D eigenvalue weighted by molar-refractivity contribution is 8.02. The molecule has 0 saturated carbocycles. The van der Waals surface area contributed by atoms with Crippen LogP contribution in [0.15, 0.2) is 58.3 Å². The second-order valence-corrected chi connectivity index (χ2v) is 8.50. The molecular weight excluding hydrogens is 378 g/mol. The number of nitrogens with one attached hydrogen (secondary N) is 1. The van der Waals surface area contributed by atoms with Crippen molar-refractivity contribution in [2.45, 2.75) is 23.4 Å². The van der Waals surface area contributed by atoms with Crippen molar-refractivity contribution in [3.63, 3.8) is 0 Å². The molecule has 1 aromatic heterocycles. The topological polar surface area (TPSA) is 85.1 Å². The molecule has 0 radical (unpaired) electrons. The molecular formula is C20H19N3O2S2. The number of anilines is 1. The molecule has 0 unspecified atom stereocenters. The normalized spacial score (nSPS) is 11.8. The average Bonchev–Trinajstić information content (AvgIpc) is 3.11. The third-order valence-electron chi connectivity index (χ3n) is 3.91. The molecule has 0 saturated heterocycles. The number of thioether (sulfide) groups is 1. The predicted octanol–water partition coefficient (Wildman–Crippen LogP) is 4.34. The maximum Gasteiger partial charge on any atom is 0.248 e. The van der Waals surface area contributed by atoms with Crippen molar-refractivity contribution in [3.8, 4) is 11.3 Å². The van der Waals surface area contributed by atoms with Gasteiger partial charge in [0.15, 0.2) is 4.34 Å². The molecule has 0 aliphatic heterocycles. The first-order valence-corrected chi connectivity index (χ1v) is 10.1. The standard InChI is InChI=1S/C20H19N3O2S2/c1-12-3-5-14(6-4-12)17-11-26-20(23-17)27-13(2)19(25)22-16-9-7-15(8-10-16)18(21)24/h3-11,13H,1-2H3,(H2,21,24)(H,22,25)/t13-/m1/s1. The van der Waals surface area contributed by atoms with Gasteiger partial charge in [-0.3, -0.25) is 9.59 Å². The van der Waals surface area contributed by atoms with Gasteiger partial charge in [0.25, 0.3) is 0 Å². The van der Waals surface area contributed by atoms with Crippen molar-refractivity contribution in [1.82, 2.24) is 4.98 Å². The minimum atomic E-state index is -0.495. The maximum atomic E-state index is 12.4. The van der Waals surface area contributed by atoms with E-state index in [1.807, 2.05) is 31.4 Å². The van der Waals surface area contributed by atoms with Crippen LogP contribution in [0, 0.1) is 6.92 Å². The van der Waals surface area contributed by atoms with Crippen molar-refractivity contribution in [2.24, 2.45) is 5.73 Å². The van der Waals surface area contributed by atoms with Crippen LogP contribution < -0.4 is 11.1 Å². The lowest BCUT2D eigenvalue weighted by Gasteiger charge is -2.10. The summed E-state index contributed by atoms with van der Waals surface area (Å²) < 4.78 is 0.845. The number of rotatable bonds is 6. The molecule has 27 heavy (non-hydrogen) atoms. The van der Waals surface area contributed by atoms with Crippen LogP contribution in [0.4, 0.5) is 5.69 Å². The fourth-order valence-electron chi connectivity index (χ4n) is 2.33. The Hall–Kier alpha value is -2.64. The lowest BCUT2D eigenvalue weighted by Crippen LogP contribution is -2.22. The highest BCUT2D eigenvalue weighted by atomic mass is 32.2. The molecule has 2 aromatic carbocycles. The molecule has 1 atom stereocenters. The van der Waals surface area contributed by atoms with E-state index in [0.29, 0.717) is 11.3 Å². The molecule has 5 nitrogen and oxygen atoms in total. The summed E-state index contributed by atoms with van der Waals surface area (Å²) >= 11 is 2.95. The van der Waals surface area contributed by atoms with Gasteiger partial charge in [-0.25, -0.2) is 4.98 Å². The largest absolute Gasteiger partial charge is 0.366 e. The zero-order valence-corrected chi connectivity index (χ0v) is 16.6. The second-order valence-electron chi connectivity index (χ2n) is 6.06. The van der Waals surface area contributed by atoms with Crippen molar-refractivity contribution in [1.29, 1.82) is 0 Å². The van der Waals surface area contributed by atoms with Gasteiger partial charge in [-0.15, -0.1) is 11.3 Å². The number of carbonyl (C=O) groups is 2. The third-order valence-corrected chi connectivity index (χ3v) is 5.99. The zero-order valence-electron chi connectivity index (χ0n) is 14.9. The van der Waals surface area contributed by atoms with E-state index in [1.54, 1.807) is 24.3 Å². The molecule has 0 spiro atoms. The van der Waals surface area contributed by atoms with Crippen molar-refractivity contribution in [2.75, 3.05) is 5.32 Å². The summed E-state index contributed by atoms with van der Waals surface area (Å²) in [7, 11) is 0. The van der Waals surface area contributed by atoms with Gasteiger partial charge in [-0.05, 0) is 38.1 Å². The highest BCUT2D eigenvalue weighted by Gasteiger charge is 2.17. The minimum absolute atomic E-state index is 0.126. The van der Waals surface area contributed by atoms with Crippen LogP contribution in [0.3, 0.4) is 0 Å². The number of amides is 2. The molecule has 0 aliphatic rings. The molecule has 7 heteroatoms. The maximum absolute atomic E-state index is 12.4. The Morgan fingerprint density at radius 3 is 2.41 bits per heavy atom. The number of nitrogens with two attached hydrogens (primary N) is 1. The summed E-state index contributed by atoms with van der Waals surface area (Å²) in [5.41, 5.74) is 9.43. The molecule has 1 heterocycles. The smallest absolute Gasteiger partial charge is 0.248 e. The molecule has 3 N–H and O–H groups in total. The van der Waals surface area contributed by atoms with E-state index >= 15 is 0 Å². The highest BCUT2D eigenvalue weighted by Crippen LogP contribution is 2.31. The fourth-order valence-corrected chi connectivity index (χ4v) is 4.31. The van der Waals surface area contributed by atoms with Crippen LogP contribution >= 0.6 is 23.1 Å². The Kier molecular flexibility index (Phi) is 5.93. The van der Waals surface area contributed by atoms with Gasteiger partial charge in [-0.1, -0.05) is 41.6 Å². The summed E-state index contributed by atoms with van der Waals surface area (Å²) in [6.07, 6.45) is 0. The number of primary amides is 1. The number of thiazole rings is 1.